The Hall–Kier alpha value is -3.08. The van der Waals surface area contributed by atoms with Gasteiger partial charge in [-0.05, 0) is 23.8 Å². The first kappa shape index (κ1) is 14.8. The summed E-state index contributed by atoms with van der Waals surface area (Å²) in [6.45, 7) is 0.414. The summed E-state index contributed by atoms with van der Waals surface area (Å²) in [6.07, 6.45) is 0. The van der Waals surface area contributed by atoms with Gasteiger partial charge in [-0.15, -0.1) is 0 Å². The molecule has 5 nitrogen and oxygen atoms in total. The third kappa shape index (κ3) is 3.23. The van der Waals surface area contributed by atoms with Gasteiger partial charge in [-0.1, -0.05) is 30.3 Å². The van der Waals surface area contributed by atoms with Gasteiger partial charge in [0.2, 0.25) is 0 Å². The molecule has 0 bridgehead atoms. The fourth-order valence-electron chi connectivity index (χ4n) is 2.17. The number of esters is 1. The van der Waals surface area contributed by atoms with Crippen LogP contribution in [-0.4, -0.2) is 13.1 Å². The highest BCUT2D eigenvalue weighted by Crippen LogP contribution is 2.21. The summed E-state index contributed by atoms with van der Waals surface area (Å²) in [5.74, 6) is -0.139. The van der Waals surface area contributed by atoms with Crippen molar-refractivity contribution in [3.63, 3.8) is 0 Å². The summed E-state index contributed by atoms with van der Waals surface area (Å²) >= 11 is 0. The molecule has 0 atom stereocenters. The Bertz CT molecular complexity index is 896. The molecule has 3 aromatic rings. The number of hydrogen-bond acceptors (Lipinski definition) is 5. The van der Waals surface area contributed by atoms with E-state index in [-0.39, 0.29) is 5.56 Å². The first-order valence-corrected chi connectivity index (χ1v) is 7.00. The van der Waals surface area contributed by atoms with Gasteiger partial charge in [-0.25, -0.2) is 9.59 Å². The van der Waals surface area contributed by atoms with Crippen LogP contribution in [0.3, 0.4) is 0 Å². The number of ether oxygens (including phenoxy) is 2. The van der Waals surface area contributed by atoms with Crippen LogP contribution in [0, 0.1) is 0 Å². The fourth-order valence-corrected chi connectivity index (χ4v) is 2.17. The lowest BCUT2D eigenvalue weighted by Gasteiger charge is -2.07. The Morgan fingerprint density at radius 2 is 1.87 bits per heavy atom. The normalized spacial score (nSPS) is 10.5. The van der Waals surface area contributed by atoms with Crippen LogP contribution in [0.15, 0.2) is 63.8 Å². The highest BCUT2D eigenvalue weighted by Gasteiger charge is 2.14. The molecule has 0 unspecified atom stereocenters. The van der Waals surface area contributed by atoms with Crippen LogP contribution >= 0.6 is 0 Å². The van der Waals surface area contributed by atoms with E-state index in [1.165, 1.54) is 13.2 Å². The van der Waals surface area contributed by atoms with Crippen LogP contribution < -0.4 is 10.4 Å². The molecule has 116 valence electrons. The van der Waals surface area contributed by atoms with Crippen molar-refractivity contribution in [3.05, 3.63) is 76.1 Å². The minimum Gasteiger partial charge on any atom is -0.489 e. The van der Waals surface area contributed by atoms with Gasteiger partial charge in [0.25, 0.3) is 0 Å². The Morgan fingerprint density at radius 1 is 1.09 bits per heavy atom. The van der Waals surface area contributed by atoms with Crippen LogP contribution in [0.25, 0.3) is 11.0 Å². The van der Waals surface area contributed by atoms with Crippen LogP contribution in [0.1, 0.15) is 15.9 Å². The Morgan fingerprint density at radius 3 is 2.61 bits per heavy atom. The molecule has 0 radical (unpaired) electrons. The maximum Gasteiger partial charge on any atom is 0.351 e. The molecule has 0 N–H and O–H groups in total. The van der Waals surface area contributed by atoms with Crippen molar-refractivity contribution >= 4 is 16.9 Å². The molecule has 0 aliphatic carbocycles. The molecule has 0 amide bonds. The predicted molar refractivity (Wildman–Crippen MR) is 84.6 cm³/mol. The number of hydrogen-bond donors (Lipinski definition) is 0. The molecule has 1 aromatic heterocycles. The molecule has 0 fully saturated rings. The van der Waals surface area contributed by atoms with E-state index in [0.29, 0.717) is 23.3 Å². The van der Waals surface area contributed by atoms with Gasteiger partial charge in [0.1, 0.15) is 23.5 Å². The smallest absolute Gasteiger partial charge is 0.351 e. The number of carbonyl (C=O) groups excluding carboxylic acids is 1. The first-order chi connectivity index (χ1) is 11.2. The highest BCUT2D eigenvalue weighted by atomic mass is 16.5. The number of fused-ring (bicyclic) bond motifs is 1. The maximum atomic E-state index is 11.8. The molecular weight excluding hydrogens is 296 g/mol. The predicted octanol–water partition coefficient (Wildman–Crippen LogP) is 3.16. The van der Waals surface area contributed by atoms with E-state index in [1.807, 2.05) is 30.3 Å². The second-order valence-corrected chi connectivity index (χ2v) is 4.91. The van der Waals surface area contributed by atoms with E-state index in [9.17, 15) is 9.59 Å². The second-order valence-electron chi connectivity index (χ2n) is 4.91. The second kappa shape index (κ2) is 6.36. The van der Waals surface area contributed by atoms with Crippen molar-refractivity contribution in [2.75, 3.05) is 7.11 Å². The SMILES string of the molecule is COC(=O)c1cc2ccc(OCc3ccccc3)cc2oc1=O. The van der Waals surface area contributed by atoms with Crippen molar-refractivity contribution in [1.29, 1.82) is 0 Å². The van der Waals surface area contributed by atoms with E-state index >= 15 is 0 Å². The molecular formula is C18H14O5. The van der Waals surface area contributed by atoms with Gasteiger partial charge in [0.05, 0.1) is 7.11 Å². The maximum absolute atomic E-state index is 11.8. The van der Waals surface area contributed by atoms with E-state index in [1.54, 1.807) is 18.2 Å². The summed E-state index contributed by atoms with van der Waals surface area (Å²) in [6, 6.07) is 16.3. The van der Waals surface area contributed by atoms with E-state index < -0.39 is 11.6 Å². The van der Waals surface area contributed by atoms with Gasteiger partial charge in [0.15, 0.2) is 0 Å². The van der Waals surface area contributed by atoms with Crippen molar-refractivity contribution in [2.45, 2.75) is 6.61 Å². The lowest BCUT2D eigenvalue weighted by Crippen LogP contribution is -2.14. The average molecular weight is 310 g/mol. The standard InChI is InChI=1S/C18H14O5/c1-21-17(19)15-9-13-7-8-14(10-16(13)23-18(15)20)22-11-12-5-3-2-4-6-12/h2-10H,11H2,1H3. The van der Waals surface area contributed by atoms with E-state index in [2.05, 4.69) is 4.74 Å². The van der Waals surface area contributed by atoms with Crippen LogP contribution in [0.2, 0.25) is 0 Å². The summed E-state index contributed by atoms with van der Waals surface area (Å²) < 4.78 is 15.4. The van der Waals surface area contributed by atoms with Crippen LogP contribution in [0.5, 0.6) is 5.75 Å². The van der Waals surface area contributed by atoms with Gasteiger partial charge in [-0.2, -0.15) is 0 Å². The Kier molecular flexibility index (Phi) is 4.10. The third-order valence-electron chi connectivity index (χ3n) is 3.36. The van der Waals surface area contributed by atoms with Crippen molar-refractivity contribution in [2.24, 2.45) is 0 Å². The lowest BCUT2D eigenvalue weighted by molar-refractivity contribution is 0.0596. The molecule has 0 aliphatic heterocycles. The van der Waals surface area contributed by atoms with Crippen molar-refractivity contribution in [3.8, 4) is 5.75 Å². The topological polar surface area (TPSA) is 65.7 Å². The molecule has 1 heterocycles. The van der Waals surface area contributed by atoms with Crippen LogP contribution in [-0.2, 0) is 11.3 Å². The van der Waals surface area contributed by atoms with E-state index in [0.717, 1.165) is 5.56 Å². The molecule has 2 aromatic carbocycles. The fraction of sp³-hybridized carbons (Fsp3) is 0.111. The third-order valence-corrected chi connectivity index (χ3v) is 3.36. The quantitative estimate of drug-likeness (QED) is 0.547. The lowest BCUT2D eigenvalue weighted by atomic mass is 10.2. The number of methoxy groups -OCH3 is 1. The van der Waals surface area contributed by atoms with Crippen LogP contribution in [0.4, 0.5) is 0 Å². The number of rotatable bonds is 4. The van der Waals surface area contributed by atoms with Gasteiger partial charge in [-0.3, -0.25) is 0 Å². The zero-order chi connectivity index (χ0) is 16.2. The van der Waals surface area contributed by atoms with Gasteiger partial charge < -0.3 is 13.9 Å². The molecule has 0 aliphatic rings. The molecule has 5 heteroatoms. The minimum absolute atomic E-state index is 0.127. The highest BCUT2D eigenvalue weighted by molar-refractivity contribution is 5.92. The van der Waals surface area contributed by atoms with E-state index in [4.69, 9.17) is 9.15 Å². The summed E-state index contributed by atoms with van der Waals surface area (Å²) in [5, 5.41) is 0.622. The Labute approximate surface area is 132 Å². The summed E-state index contributed by atoms with van der Waals surface area (Å²) in [5.41, 5.74) is 0.533. The Balaban J connectivity index is 1.87. The van der Waals surface area contributed by atoms with Gasteiger partial charge in [0, 0.05) is 11.5 Å². The largest absolute Gasteiger partial charge is 0.489 e. The minimum atomic E-state index is -0.732. The first-order valence-electron chi connectivity index (χ1n) is 7.00. The average Bonchev–Trinajstić information content (AvgIpc) is 2.59. The molecule has 0 saturated carbocycles. The van der Waals surface area contributed by atoms with Gasteiger partial charge >= 0.3 is 11.6 Å². The molecule has 23 heavy (non-hydrogen) atoms. The van der Waals surface area contributed by atoms with Crippen molar-refractivity contribution in [1.82, 2.24) is 0 Å². The monoisotopic (exact) mass is 310 g/mol. The zero-order valence-electron chi connectivity index (χ0n) is 12.4. The molecule has 0 spiro atoms. The molecule has 0 saturated heterocycles. The van der Waals surface area contributed by atoms with Crippen molar-refractivity contribution < 1.29 is 18.7 Å². The summed E-state index contributed by atoms with van der Waals surface area (Å²) in [7, 11) is 1.21. The zero-order valence-corrected chi connectivity index (χ0v) is 12.4. The number of benzene rings is 2. The number of carbonyl (C=O) groups is 1. The summed E-state index contributed by atoms with van der Waals surface area (Å²) in [4.78, 5) is 23.3. The molecule has 3 rings (SSSR count).